The number of pyridine rings is 1. The lowest BCUT2D eigenvalue weighted by molar-refractivity contribution is -0.121. The van der Waals surface area contributed by atoms with Gasteiger partial charge < -0.3 is 0 Å². The molecule has 2 nitrogen and oxygen atoms in total. The SMILES string of the molecule is O=C1CC(c2ccccc2)C(c2ccccn2)C(c2ccccc2)C1. The highest BCUT2D eigenvalue weighted by atomic mass is 16.1. The average Bonchev–Trinajstić information content (AvgIpc) is 2.69. The van der Waals surface area contributed by atoms with Crippen molar-refractivity contribution in [2.45, 2.75) is 30.6 Å². The number of carbonyl (C=O) groups is 1. The Morgan fingerprint density at radius 3 is 1.68 bits per heavy atom. The quantitative estimate of drug-likeness (QED) is 0.670. The van der Waals surface area contributed by atoms with E-state index in [-0.39, 0.29) is 17.8 Å². The lowest BCUT2D eigenvalue weighted by atomic mass is 9.65. The van der Waals surface area contributed by atoms with Crippen LogP contribution in [-0.4, -0.2) is 10.8 Å². The van der Waals surface area contributed by atoms with E-state index >= 15 is 0 Å². The molecule has 1 aliphatic carbocycles. The molecule has 2 heteroatoms. The third-order valence-corrected chi connectivity index (χ3v) is 5.25. The number of aromatic nitrogens is 1. The minimum Gasteiger partial charge on any atom is -0.300 e. The monoisotopic (exact) mass is 327 g/mol. The lowest BCUT2D eigenvalue weighted by Crippen LogP contribution is -2.29. The molecule has 2 aromatic carbocycles. The maximum absolute atomic E-state index is 12.6. The van der Waals surface area contributed by atoms with Crippen molar-refractivity contribution in [2.75, 3.05) is 0 Å². The van der Waals surface area contributed by atoms with Crippen LogP contribution < -0.4 is 0 Å². The molecule has 0 saturated heterocycles. The van der Waals surface area contributed by atoms with Crippen molar-refractivity contribution in [3.8, 4) is 0 Å². The van der Waals surface area contributed by atoms with Gasteiger partial charge in [0.2, 0.25) is 0 Å². The van der Waals surface area contributed by atoms with Gasteiger partial charge in [-0.15, -0.1) is 0 Å². The molecule has 0 spiro atoms. The van der Waals surface area contributed by atoms with Crippen LogP contribution in [-0.2, 0) is 4.79 Å². The first kappa shape index (κ1) is 15.8. The number of benzene rings is 2. The zero-order valence-corrected chi connectivity index (χ0v) is 14.1. The molecule has 1 fully saturated rings. The first-order valence-corrected chi connectivity index (χ1v) is 8.85. The molecule has 1 aliphatic rings. The van der Waals surface area contributed by atoms with E-state index in [9.17, 15) is 4.79 Å². The molecule has 2 atom stereocenters. The summed E-state index contributed by atoms with van der Waals surface area (Å²) < 4.78 is 0. The van der Waals surface area contributed by atoms with E-state index in [4.69, 9.17) is 0 Å². The van der Waals surface area contributed by atoms with E-state index in [1.807, 2.05) is 30.5 Å². The minimum absolute atomic E-state index is 0.169. The van der Waals surface area contributed by atoms with Crippen LogP contribution >= 0.6 is 0 Å². The molecule has 0 radical (unpaired) electrons. The van der Waals surface area contributed by atoms with Crippen LogP contribution in [0.15, 0.2) is 85.1 Å². The van der Waals surface area contributed by atoms with Crippen LogP contribution in [0.3, 0.4) is 0 Å². The summed E-state index contributed by atoms with van der Waals surface area (Å²) in [6.07, 6.45) is 3.04. The summed E-state index contributed by atoms with van der Waals surface area (Å²) in [5, 5.41) is 0. The molecule has 124 valence electrons. The van der Waals surface area contributed by atoms with Gasteiger partial charge >= 0.3 is 0 Å². The van der Waals surface area contributed by atoms with Gasteiger partial charge in [0.25, 0.3) is 0 Å². The Bertz CT molecular complexity index is 778. The molecular weight excluding hydrogens is 306 g/mol. The van der Waals surface area contributed by atoms with Crippen molar-refractivity contribution in [3.63, 3.8) is 0 Å². The Kier molecular flexibility index (Phi) is 4.43. The largest absolute Gasteiger partial charge is 0.300 e. The summed E-state index contributed by atoms with van der Waals surface area (Å²) in [6, 6.07) is 26.9. The molecule has 1 heterocycles. The van der Waals surface area contributed by atoms with Gasteiger partial charge in [0.1, 0.15) is 5.78 Å². The highest BCUT2D eigenvalue weighted by molar-refractivity contribution is 5.82. The summed E-state index contributed by atoms with van der Waals surface area (Å²) in [5.74, 6) is 0.892. The van der Waals surface area contributed by atoms with Gasteiger partial charge in [0.15, 0.2) is 0 Å². The number of Topliss-reactive ketones (excluding diaryl/α,β-unsaturated/α-hetero) is 1. The van der Waals surface area contributed by atoms with E-state index in [2.05, 4.69) is 59.6 Å². The van der Waals surface area contributed by atoms with Crippen LogP contribution in [0, 0.1) is 0 Å². The molecule has 0 amide bonds. The Morgan fingerprint density at radius 1 is 0.680 bits per heavy atom. The summed E-state index contributed by atoms with van der Waals surface area (Å²) >= 11 is 0. The van der Waals surface area contributed by atoms with Gasteiger partial charge in [-0.05, 0) is 35.1 Å². The number of ketones is 1. The molecule has 0 N–H and O–H groups in total. The summed E-state index contributed by atoms with van der Waals surface area (Å²) in [5.41, 5.74) is 3.54. The second kappa shape index (κ2) is 7.02. The smallest absolute Gasteiger partial charge is 0.134 e. The van der Waals surface area contributed by atoms with Gasteiger partial charge in [-0.3, -0.25) is 9.78 Å². The predicted octanol–water partition coefficient (Wildman–Crippen LogP) is 5.10. The molecule has 3 aromatic rings. The van der Waals surface area contributed by atoms with E-state index in [0.29, 0.717) is 18.6 Å². The van der Waals surface area contributed by atoms with Gasteiger partial charge in [0.05, 0.1) is 0 Å². The van der Waals surface area contributed by atoms with Crippen molar-refractivity contribution in [1.82, 2.24) is 4.98 Å². The average molecular weight is 327 g/mol. The van der Waals surface area contributed by atoms with Gasteiger partial charge in [-0.1, -0.05) is 66.7 Å². The van der Waals surface area contributed by atoms with Gasteiger partial charge in [-0.2, -0.15) is 0 Å². The molecular formula is C23H21NO. The maximum atomic E-state index is 12.6. The van der Waals surface area contributed by atoms with Crippen LogP contribution in [0.5, 0.6) is 0 Å². The molecule has 0 bridgehead atoms. The summed E-state index contributed by atoms with van der Waals surface area (Å²) in [4.78, 5) is 17.3. The zero-order valence-electron chi connectivity index (χ0n) is 14.1. The second-order valence-corrected chi connectivity index (χ2v) is 6.76. The zero-order chi connectivity index (χ0) is 17.1. The third kappa shape index (κ3) is 3.25. The summed E-state index contributed by atoms with van der Waals surface area (Å²) in [6.45, 7) is 0. The van der Waals surface area contributed by atoms with Crippen LogP contribution in [0.1, 0.15) is 47.4 Å². The topological polar surface area (TPSA) is 30.0 Å². The molecule has 1 aromatic heterocycles. The Hall–Kier alpha value is -2.74. The van der Waals surface area contributed by atoms with Crippen molar-refractivity contribution in [3.05, 3.63) is 102 Å². The molecule has 0 aliphatic heterocycles. The Morgan fingerprint density at radius 2 is 1.20 bits per heavy atom. The third-order valence-electron chi connectivity index (χ3n) is 5.25. The van der Waals surface area contributed by atoms with Crippen LogP contribution in [0.4, 0.5) is 0 Å². The highest BCUT2D eigenvalue weighted by Crippen LogP contribution is 2.49. The number of nitrogens with zero attached hydrogens (tertiary/aromatic N) is 1. The van der Waals surface area contributed by atoms with E-state index in [0.717, 1.165) is 5.69 Å². The number of hydrogen-bond donors (Lipinski definition) is 0. The van der Waals surface area contributed by atoms with Gasteiger partial charge in [0, 0.05) is 30.7 Å². The maximum Gasteiger partial charge on any atom is 0.134 e. The number of hydrogen-bond acceptors (Lipinski definition) is 2. The van der Waals surface area contributed by atoms with Crippen LogP contribution in [0.25, 0.3) is 0 Å². The Labute approximate surface area is 148 Å². The van der Waals surface area contributed by atoms with Crippen LogP contribution in [0.2, 0.25) is 0 Å². The fourth-order valence-corrected chi connectivity index (χ4v) is 4.14. The highest BCUT2D eigenvalue weighted by Gasteiger charge is 2.40. The first-order chi connectivity index (χ1) is 12.3. The fourth-order valence-electron chi connectivity index (χ4n) is 4.14. The van der Waals surface area contributed by atoms with E-state index in [1.54, 1.807) is 0 Å². The number of rotatable bonds is 3. The second-order valence-electron chi connectivity index (χ2n) is 6.76. The van der Waals surface area contributed by atoms with Crippen molar-refractivity contribution in [1.29, 1.82) is 0 Å². The van der Waals surface area contributed by atoms with E-state index in [1.165, 1.54) is 11.1 Å². The molecule has 25 heavy (non-hydrogen) atoms. The first-order valence-electron chi connectivity index (χ1n) is 8.85. The summed E-state index contributed by atoms with van der Waals surface area (Å²) in [7, 11) is 0. The molecule has 4 rings (SSSR count). The van der Waals surface area contributed by atoms with E-state index < -0.39 is 0 Å². The lowest BCUT2D eigenvalue weighted by Gasteiger charge is -2.38. The molecule has 2 unspecified atom stereocenters. The predicted molar refractivity (Wildman–Crippen MR) is 99.6 cm³/mol. The molecule has 1 saturated carbocycles. The standard InChI is InChI=1S/C23H21NO/c25-19-15-20(17-9-3-1-4-10-17)23(22-13-7-8-14-24-22)21(16-19)18-11-5-2-6-12-18/h1-14,20-21,23H,15-16H2. The van der Waals surface area contributed by atoms with Gasteiger partial charge in [-0.25, -0.2) is 0 Å². The van der Waals surface area contributed by atoms with Crippen molar-refractivity contribution in [2.24, 2.45) is 0 Å². The normalized spacial score (nSPS) is 23.4. The Balaban J connectivity index is 1.83. The number of carbonyl (C=O) groups excluding carboxylic acids is 1. The van der Waals surface area contributed by atoms with Crippen molar-refractivity contribution < 1.29 is 4.79 Å². The fraction of sp³-hybridized carbons (Fsp3) is 0.217. The minimum atomic E-state index is 0.169. The van der Waals surface area contributed by atoms with Crippen molar-refractivity contribution >= 4 is 5.78 Å².